The molecule has 0 spiro atoms. The van der Waals surface area contributed by atoms with Gasteiger partial charge in [0.25, 0.3) is 0 Å². The lowest BCUT2D eigenvalue weighted by molar-refractivity contribution is 0.280. The minimum absolute atomic E-state index is 0.196. The second-order valence-electron chi connectivity index (χ2n) is 5.96. The predicted molar refractivity (Wildman–Crippen MR) is 72.0 cm³/mol. The molecule has 2 fully saturated rings. The van der Waals surface area contributed by atoms with Crippen LogP contribution >= 0.6 is 11.6 Å². The van der Waals surface area contributed by atoms with Crippen LogP contribution in [0.3, 0.4) is 0 Å². The van der Waals surface area contributed by atoms with Gasteiger partial charge in [0.05, 0.1) is 5.02 Å². The maximum absolute atomic E-state index is 13.1. The van der Waals surface area contributed by atoms with Crippen molar-refractivity contribution in [1.29, 1.82) is 0 Å². The van der Waals surface area contributed by atoms with E-state index >= 15 is 0 Å². The van der Waals surface area contributed by atoms with Crippen LogP contribution in [0.15, 0.2) is 18.2 Å². The summed E-state index contributed by atoms with van der Waals surface area (Å²) in [5, 5.41) is 0.202. The fraction of sp³-hybridized carbons (Fsp3) is 0.600. The molecule has 2 aliphatic rings. The first-order chi connectivity index (χ1) is 8.63. The van der Waals surface area contributed by atoms with Crippen LogP contribution in [0.5, 0.6) is 0 Å². The number of halogens is 2. The van der Waals surface area contributed by atoms with Crippen molar-refractivity contribution in [1.82, 2.24) is 0 Å². The molecule has 0 aliphatic heterocycles. The fourth-order valence-electron chi connectivity index (χ4n) is 3.91. The summed E-state index contributed by atoms with van der Waals surface area (Å²) in [5.41, 5.74) is 7.40. The van der Waals surface area contributed by atoms with Crippen LogP contribution in [0.1, 0.15) is 31.2 Å². The van der Waals surface area contributed by atoms with E-state index in [9.17, 15) is 4.39 Å². The molecule has 2 aliphatic carbocycles. The summed E-state index contributed by atoms with van der Waals surface area (Å²) in [4.78, 5) is 0. The molecule has 0 amide bonds. The smallest absolute Gasteiger partial charge is 0.141 e. The number of benzene rings is 1. The topological polar surface area (TPSA) is 26.0 Å². The summed E-state index contributed by atoms with van der Waals surface area (Å²) in [6.45, 7) is 0. The Hall–Kier alpha value is -0.600. The van der Waals surface area contributed by atoms with Crippen molar-refractivity contribution in [2.24, 2.45) is 23.5 Å². The van der Waals surface area contributed by atoms with Gasteiger partial charge in [0.15, 0.2) is 0 Å². The van der Waals surface area contributed by atoms with Gasteiger partial charge in [-0.3, -0.25) is 0 Å². The monoisotopic (exact) mass is 267 g/mol. The molecule has 18 heavy (non-hydrogen) atoms. The summed E-state index contributed by atoms with van der Waals surface area (Å²) in [5.74, 6) is 2.06. The molecule has 98 valence electrons. The van der Waals surface area contributed by atoms with Gasteiger partial charge in [-0.25, -0.2) is 4.39 Å². The van der Waals surface area contributed by atoms with E-state index in [2.05, 4.69) is 0 Å². The highest BCUT2D eigenvalue weighted by molar-refractivity contribution is 6.30. The van der Waals surface area contributed by atoms with E-state index in [1.807, 2.05) is 0 Å². The molecular weight excluding hydrogens is 249 g/mol. The Kier molecular flexibility index (Phi) is 3.33. The molecule has 1 nitrogen and oxygen atoms in total. The Morgan fingerprint density at radius 2 is 2.17 bits per heavy atom. The van der Waals surface area contributed by atoms with E-state index in [0.29, 0.717) is 5.92 Å². The van der Waals surface area contributed by atoms with Crippen LogP contribution in [0.4, 0.5) is 4.39 Å². The van der Waals surface area contributed by atoms with Gasteiger partial charge in [-0.1, -0.05) is 24.1 Å². The van der Waals surface area contributed by atoms with Crippen molar-refractivity contribution in [3.8, 4) is 0 Å². The molecule has 3 heteroatoms. The Balaban J connectivity index is 1.67. The van der Waals surface area contributed by atoms with Crippen molar-refractivity contribution in [2.45, 2.75) is 38.1 Å². The fourth-order valence-corrected chi connectivity index (χ4v) is 4.11. The lowest BCUT2D eigenvalue weighted by Crippen LogP contribution is -2.35. The molecule has 0 aromatic heterocycles. The van der Waals surface area contributed by atoms with Crippen LogP contribution in [0.2, 0.25) is 5.02 Å². The van der Waals surface area contributed by atoms with Crippen molar-refractivity contribution >= 4 is 11.6 Å². The molecule has 2 bridgehead atoms. The van der Waals surface area contributed by atoms with Gasteiger partial charge >= 0.3 is 0 Å². The maximum atomic E-state index is 13.1. The molecule has 4 unspecified atom stereocenters. The van der Waals surface area contributed by atoms with Gasteiger partial charge in [-0.05, 0) is 61.1 Å². The minimum Gasteiger partial charge on any atom is -0.327 e. The van der Waals surface area contributed by atoms with E-state index in [1.165, 1.54) is 31.7 Å². The number of hydrogen-bond donors (Lipinski definition) is 1. The third kappa shape index (κ3) is 2.28. The average Bonchev–Trinajstić information content (AvgIpc) is 2.96. The lowest BCUT2D eigenvalue weighted by Gasteiger charge is -2.27. The van der Waals surface area contributed by atoms with E-state index in [-0.39, 0.29) is 16.9 Å². The number of nitrogens with two attached hydrogens (primary N) is 1. The lowest BCUT2D eigenvalue weighted by atomic mass is 9.81. The second kappa shape index (κ2) is 4.82. The molecule has 2 saturated carbocycles. The molecule has 2 N–H and O–H groups in total. The number of rotatable bonds is 3. The first-order valence-electron chi connectivity index (χ1n) is 6.83. The highest BCUT2D eigenvalue weighted by Crippen LogP contribution is 2.49. The quantitative estimate of drug-likeness (QED) is 0.886. The van der Waals surface area contributed by atoms with Crippen molar-refractivity contribution in [2.75, 3.05) is 0 Å². The molecular formula is C15H19ClFN. The highest BCUT2D eigenvalue weighted by Gasteiger charge is 2.41. The van der Waals surface area contributed by atoms with Crippen LogP contribution in [0.25, 0.3) is 0 Å². The highest BCUT2D eigenvalue weighted by atomic mass is 35.5. The molecule has 0 saturated heterocycles. The van der Waals surface area contributed by atoms with E-state index in [4.69, 9.17) is 17.3 Å². The summed E-state index contributed by atoms with van der Waals surface area (Å²) in [7, 11) is 0. The van der Waals surface area contributed by atoms with Gasteiger partial charge < -0.3 is 5.73 Å². The van der Waals surface area contributed by atoms with Gasteiger partial charge in [0, 0.05) is 6.04 Å². The zero-order chi connectivity index (χ0) is 12.7. The zero-order valence-corrected chi connectivity index (χ0v) is 11.2. The average molecular weight is 268 g/mol. The van der Waals surface area contributed by atoms with Gasteiger partial charge in [-0.15, -0.1) is 0 Å². The predicted octanol–water partition coefficient (Wildman–Crippen LogP) is 3.79. The van der Waals surface area contributed by atoms with Crippen LogP contribution in [-0.4, -0.2) is 6.04 Å². The Bertz CT molecular complexity index is 448. The largest absolute Gasteiger partial charge is 0.327 e. The molecule has 0 radical (unpaired) electrons. The molecule has 0 heterocycles. The van der Waals surface area contributed by atoms with E-state index in [1.54, 1.807) is 12.1 Å². The summed E-state index contributed by atoms with van der Waals surface area (Å²) in [6.07, 6.45) is 6.24. The zero-order valence-electron chi connectivity index (χ0n) is 10.4. The van der Waals surface area contributed by atoms with E-state index < -0.39 is 0 Å². The van der Waals surface area contributed by atoms with Gasteiger partial charge in [-0.2, -0.15) is 0 Å². The van der Waals surface area contributed by atoms with Gasteiger partial charge in [0.2, 0.25) is 0 Å². The van der Waals surface area contributed by atoms with Crippen molar-refractivity contribution in [3.05, 3.63) is 34.6 Å². The van der Waals surface area contributed by atoms with Crippen LogP contribution in [0, 0.1) is 23.6 Å². The first-order valence-corrected chi connectivity index (χ1v) is 7.21. The summed E-state index contributed by atoms with van der Waals surface area (Å²) in [6, 6.07) is 5.14. The summed E-state index contributed by atoms with van der Waals surface area (Å²) >= 11 is 5.80. The SMILES string of the molecule is NC(Cc1ccc(F)c(Cl)c1)C1CC2CCC1C2. The first kappa shape index (κ1) is 12.4. The molecule has 3 rings (SSSR count). The number of hydrogen-bond acceptors (Lipinski definition) is 1. The van der Waals surface area contributed by atoms with Gasteiger partial charge in [0.1, 0.15) is 5.82 Å². The van der Waals surface area contributed by atoms with Crippen LogP contribution in [-0.2, 0) is 6.42 Å². The maximum Gasteiger partial charge on any atom is 0.141 e. The van der Waals surface area contributed by atoms with Crippen molar-refractivity contribution < 1.29 is 4.39 Å². The normalized spacial score (nSPS) is 31.8. The third-order valence-electron chi connectivity index (χ3n) is 4.80. The third-order valence-corrected chi connectivity index (χ3v) is 5.09. The molecule has 4 atom stereocenters. The van der Waals surface area contributed by atoms with Crippen LogP contribution < -0.4 is 5.73 Å². The standard InChI is InChI=1S/C15H19ClFN/c16-13-7-10(2-4-14(13)17)8-15(18)12-6-9-1-3-11(12)5-9/h2,4,7,9,11-12,15H,1,3,5-6,8,18H2. The molecule has 1 aromatic rings. The van der Waals surface area contributed by atoms with Crippen molar-refractivity contribution in [3.63, 3.8) is 0 Å². The molecule has 1 aromatic carbocycles. The summed E-state index contributed by atoms with van der Waals surface area (Å²) < 4.78 is 13.1. The Morgan fingerprint density at radius 1 is 1.33 bits per heavy atom. The minimum atomic E-state index is -0.353. The number of fused-ring (bicyclic) bond motifs is 2. The second-order valence-corrected chi connectivity index (χ2v) is 6.36. The van der Waals surface area contributed by atoms with E-state index in [0.717, 1.165) is 23.8 Å². The Labute approximate surface area is 113 Å². The Morgan fingerprint density at radius 3 is 2.78 bits per heavy atom.